The Morgan fingerprint density at radius 3 is 2.32 bits per heavy atom. The SMILES string of the molecule is C#CCn1c(=O)c(=O)n(C(C)C)c2ccc(C(F)(F)F)cc21. The Bertz CT molecular complexity index is 883. The van der Waals surface area contributed by atoms with Crippen molar-refractivity contribution in [3.63, 3.8) is 0 Å². The molecule has 4 nitrogen and oxygen atoms in total. The lowest BCUT2D eigenvalue weighted by Gasteiger charge is -2.17. The standard InChI is InChI=1S/C15H13F3N2O2/c1-4-7-19-12-8-10(15(16,17)18)5-6-11(12)20(9(2)3)14(22)13(19)21/h1,5-6,8-9H,7H2,2-3H3. The molecule has 0 amide bonds. The minimum absolute atomic E-state index is 0.00826. The van der Waals surface area contributed by atoms with Crippen LogP contribution in [0.5, 0.6) is 0 Å². The molecule has 0 unspecified atom stereocenters. The highest BCUT2D eigenvalue weighted by Crippen LogP contribution is 2.31. The van der Waals surface area contributed by atoms with Gasteiger partial charge >= 0.3 is 17.3 Å². The van der Waals surface area contributed by atoms with Crippen molar-refractivity contribution in [2.75, 3.05) is 0 Å². The number of rotatable bonds is 2. The lowest BCUT2D eigenvalue weighted by atomic mass is 10.1. The first-order valence-electron chi connectivity index (χ1n) is 6.48. The molecule has 0 fully saturated rings. The normalized spacial score (nSPS) is 11.9. The molecule has 2 aromatic rings. The molecular weight excluding hydrogens is 297 g/mol. The summed E-state index contributed by atoms with van der Waals surface area (Å²) < 4.78 is 40.7. The van der Waals surface area contributed by atoms with Crippen LogP contribution >= 0.6 is 0 Å². The van der Waals surface area contributed by atoms with Gasteiger partial charge in [0.2, 0.25) is 0 Å². The van der Waals surface area contributed by atoms with Gasteiger partial charge in [0.25, 0.3) is 0 Å². The molecule has 0 atom stereocenters. The summed E-state index contributed by atoms with van der Waals surface area (Å²) in [5.41, 5.74) is -2.41. The van der Waals surface area contributed by atoms with Crippen molar-refractivity contribution in [3.05, 3.63) is 44.5 Å². The molecular formula is C15H13F3N2O2. The third-order valence-corrected chi connectivity index (χ3v) is 3.27. The molecule has 0 saturated heterocycles. The maximum Gasteiger partial charge on any atom is 0.416 e. The van der Waals surface area contributed by atoms with Gasteiger partial charge in [0.15, 0.2) is 0 Å². The van der Waals surface area contributed by atoms with E-state index in [1.807, 2.05) is 0 Å². The molecule has 2 rings (SSSR count). The van der Waals surface area contributed by atoms with Crippen molar-refractivity contribution < 1.29 is 13.2 Å². The average Bonchev–Trinajstić information content (AvgIpc) is 2.42. The van der Waals surface area contributed by atoms with Crippen LogP contribution in [0.2, 0.25) is 0 Å². The van der Waals surface area contributed by atoms with Crippen LogP contribution in [0.4, 0.5) is 13.2 Å². The van der Waals surface area contributed by atoms with Crippen molar-refractivity contribution in [2.45, 2.75) is 32.6 Å². The van der Waals surface area contributed by atoms with Gasteiger partial charge in [0, 0.05) is 6.04 Å². The van der Waals surface area contributed by atoms with E-state index in [4.69, 9.17) is 6.42 Å². The van der Waals surface area contributed by atoms with Crippen LogP contribution < -0.4 is 11.1 Å². The Morgan fingerprint density at radius 1 is 1.18 bits per heavy atom. The van der Waals surface area contributed by atoms with Gasteiger partial charge in [0.1, 0.15) is 0 Å². The number of hydrogen-bond acceptors (Lipinski definition) is 2. The van der Waals surface area contributed by atoms with Gasteiger partial charge in [-0.3, -0.25) is 18.7 Å². The van der Waals surface area contributed by atoms with Gasteiger partial charge in [-0.2, -0.15) is 13.2 Å². The zero-order chi connectivity index (χ0) is 16.7. The van der Waals surface area contributed by atoms with Crippen LogP contribution in [-0.2, 0) is 12.7 Å². The Labute approximate surface area is 123 Å². The molecule has 1 heterocycles. The Balaban J connectivity index is 3.02. The van der Waals surface area contributed by atoms with E-state index < -0.39 is 22.9 Å². The summed E-state index contributed by atoms with van der Waals surface area (Å²) in [6.45, 7) is 3.07. The summed E-state index contributed by atoms with van der Waals surface area (Å²) in [5.74, 6) is 2.18. The summed E-state index contributed by atoms with van der Waals surface area (Å²) in [4.78, 5) is 24.3. The second-order valence-electron chi connectivity index (χ2n) is 5.07. The number of nitrogens with zero attached hydrogens (tertiary/aromatic N) is 2. The third-order valence-electron chi connectivity index (χ3n) is 3.27. The summed E-state index contributed by atoms with van der Waals surface area (Å²) in [6.07, 6.45) is 0.600. The lowest BCUT2D eigenvalue weighted by molar-refractivity contribution is -0.137. The van der Waals surface area contributed by atoms with E-state index in [9.17, 15) is 22.8 Å². The summed E-state index contributed by atoms with van der Waals surface area (Å²) >= 11 is 0. The van der Waals surface area contributed by atoms with Crippen molar-refractivity contribution >= 4 is 11.0 Å². The number of fused-ring (bicyclic) bond motifs is 1. The fraction of sp³-hybridized carbons (Fsp3) is 0.333. The van der Waals surface area contributed by atoms with Crippen LogP contribution in [0.25, 0.3) is 11.0 Å². The predicted octanol–water partition coefficient (Wildman–Crippen LogP) is 2.40. The molecule has 116 valence electrons. The van der Waals surface area contributed by atoms with E-state index in [-0.39, 0.29) is 23.6 Å². The molecule has 0 aliphatic heterocycles. The van der Waals surface area contributed by atoms with Gasteiger partial charge in [-0.1, -0.05) is 5.92 Å². The smallest absolute Gasteiger partial charge is 0.300 e. The van der Waals surface area contributed by atoms with Gasteiger partial charge in [-0.25, -0.2) is 0 Å². The molecule has 1 aromatic carbocycles. The van der Waals surface area contributed by atoms with Crippen molar-refractivity contribution in [2.24, 2.45) is 0 Å². The molecule has 0 aliphatic carbocycles. The van der Waals surface area contributed by atoms with Crippen molar-refractivity contribution in [3.8, 4) is 12.3 Å². The summed E-state index contributed by atoms with van der Waals surface area (Å²) in [5, 5.41) is 0. The first-order valence-corrected chi connectivity index (χ1v) is 6.48. The summed E-state index contributed by atoms with van der Waals surface area (Å²) in [7, 11) is 0. The molecule has 0 aliphatic rings. The zero-order valence-electron chi connectivity index (χ0n) is 11.9. The second kappa shape index (κ2) is 5.37. The van der Waals surface area contributed by atoms with E-state index in [0.29, 0.717) is 0 Å². The highest BCUT2D eigenvalue weighted by molar-refractivity contribution is 5.76. The first-order chi connectivity index (χ1) is 10.2. The molecule has 0 spiro atoms. The maximum atomic E-state index is 12.9. The van der Waals surface area contributed by atoms with Crippen LogP contribution in [0.15, 0.2) is 27.8 Å². The fourth-order valence-electron chi connectivity index (χ4n) is 2.32. The molecule has 0 radical (unpaired) electrons. The maximum absolute atomic E-state index is 12.9. The topological polar surface area (TPSA) is 44.0 Å². The lowest BCUT2D eigenvalue weighted by Crippen LogP contribution is -2.42. The van der Waals surface area contributed by atoms with E-state index in [1.165, 1.54) is 10.6 Å². The second-order valence-corrected chi connectivity index (χ2v) is 5.07. The monoisotopic (exact) mass is 310 g/mol. The number of aromatic nitrogens is 2. The van der Waals surface area contributed by atoms with E-state index in [1.54, 1.807) is 13.8 Å². The molecule has 0 N–H and O–H groups in total. The van der Waals surface area contributed by atoms with Gasteiger partial charge in [0.05, 0.1) is 23.1 Å². The molecule has 7 heteroatoms. The number of hydrogen-bond donors (Lipinski definition) is 0. The first kappa shape index (κ1) is 15.9. The number of terminal acetylenes is 1. The average molecular weight is 310 g/mol. The highest BCUT2D eigenvalue weighted by atomic mass is 19.4. The number of alkyl halides is 3. The van der Waals surface area contributed by atoms with Crippen LogP contribution in [0.3, 0.4) is 0 Å². The highest BCUT2D eigenvalue weighted by Gasteiger charge is 2.31. The number of benzene rings is 1. The van der Waals surface area contributed by atoms with E-state index in [2.05, 4.69) is 5.92 Å². The van der Waals surface area contributed by atoms with Gasteiger partial charge < -0.3 is 0 Å². The minimum atomic E-state index is -4.55. The van der Waals surface area contributed by atoms with Crippen LogP contribution in [0.1, 0.15) is 25.5 Å². The van der Waals surface area contributed by atoms with Crippen LogP contribution in [0, 0.1) is 12.3 Å². The fourth-order valence-corrected chi connectivity index (χ4v) is 2.32. The molecule has 1 aromatic heterocycles. The predicted molar refractivity (Wildman–Crippen MR) is 76.7 cm³/mol. The Hall–Kier alpha value is -2.49. The van der Waals surface area contributed by atoms with Crippen LogP contribution in [-0.4, -0.2) is 9.13 Å². The molecule has 0 saturated carbocycles. The number of halogens is 3. The van der Waals surface area contributed by atoms with E-state index >= 15 is 0 Å². The minimum Gasteiger partial charge on any atom is -0.300 e. The van der Waals surface area contributed by atoms with E-state index in [0.717, 1.165) is 16.7 Å². The van der Waals surface area contributed by atoms with Gasteiger partial charge in [-0.05, 0) is 32.0 Å². The third kappa shape index (κ3) is 2.52. The van der Waals surface area contributed by atoms with Crippen molar-refractivity contribution in [1.29, 1.82) is 0 Å². The Kier molecular flexibility index (Phi) is 3.88. The quantitative estimate of drug-likeness (QED) is 0.631. The Morgan fingerprint density at radius 2 is 1.82 bits per heavy atom. The largest absolute Gasteiger partial charge is 0.416 e. The van der Waals surface area contributed by atoms with Crippen molar-refractivity contribution in [1.82, 2.24) is 9.13 Å². The molecule has 22 heavy (non-hydrogen) atoms. The van der Waals surface area contributed by atoms with Gasteiger partial charge in [-0.15, -0.1) is 6.42 Å². The summed E-state index contributed by atoms with van der Waals surface area (Å²) in [6, 6.07) is 2.53. The molecule has 0 bridgehead atoms. The zero-order valence-corrected chi connectivity index (χ0v) is 11.9.